The molecular weight excluding hydrogens is 412 g/mol. The van der Waals surface area contributed by atoms with Crippen LogP contribution in [0, 0.1) is 6.92 Å². The average molecular weight is 431 g/mol. The molecule has 0 aliphatic heterocycles. The summed E-state index contributed by atoms with van der Waals surface area (Å²) >= 11 is 6.23. The van der Waals surface area contributed by atoms with Crippen LogP contribution in [0.15, 0.2) is 71.6 Å². The second-order valence-corrected chi connectivity index (χ2v) is 8.33. The van der Waals surface area contributed by atoms with E-state index in [4.69, 9.17) is 16.3 Å². The zero-order valence-corrected chi connectivity index (χ0v) is 17.3. The summed E-state index contributed by atoms with van der Waals surface area (Å²) < 4.78 is 32.6. The van der Waals surface area contributed by atoms with Crippen LogP contribution in [0.25, 0.3) is 0 Å². The average Bonchev–Trinajstić information content (AvgIpc) is 2.69. The molecule has 3 aromatic rings. The van der Waals surface area contributed by atoms with Gasteiger partial charge in [-0.05, 0) is 61.0 Å². The number of amides is 1. The Kier molecular flexibility index (Phi) is 6.10. The number of para-hydroxylation sites is 1. The van der Waals surface area contributed by atoms with Crippen molar-refractivity contribution < 1.29 is 17.9 Å². The van der Waals surface area contributed by atoms with Crippen LogP contribution in [0.2, 0.25) is 5.02 Å². The minimum absolute atomic E-state index is 0.0794. The Morgan fingerprint density at radius 3 is 2.31 bits per heavy atom. The fourth-order valence-corrected chi connectivity index (χ4v) is 3.95. The molecule has 8 heteroatoms. The quantitative estimate of drug-likeness (QED) is 0.593. The topological polar surface area (TPSA) is 84.5 Å². The van der Waals surface area contributed by atoms with E-state index in [0.29, 0.717) is 11.4 Å². The first-order chi connectivity index (χ1) is 13.8. The van der Waals surface area contributed by atoms with Gasteiger partial charge in [-0.25, -0.2) is 8.42 Å². The Bertz CT molecular complexity index is 1150. The van der Waals surface area contributed by atoms with Crippen LogP contribution in [0.4, 0.5) is 11.4 Å². The lowest BCUT2D eigenvalue weighted by molar-refractivity contribution is 0.102. The number of carbonyl (C=O) groups is 1. The molecule has 0 spiro atoms. The second-order valence-electron chi connectivity index (χ2n) is 6.24. The van der Waals surface area contributed by atoms with E-state index in [0.717, 1.165) is 5.56 Å². The molecule has 3 rings (SSSR count). The standard InChI is InChI=1S/C21H19ClN2O4S/c1-14-5-3-4-6-20(14)23-21(25)18-12-7-15(13-19(18)22)24-29(26,27)17-10-8-16(28-2)9-11-17/h3-13,24H,1-2H3,(H,23,25). The molecular formula is C21H19ClN2O4S. The summed E-state index contributed by atoms with van der Waals surface area (Å²) in [5.41, 5.74) is 2.08. The summed E-state index contributed by atoms with van der Waals surface area (Å²) in [5, 5.41) is 2.93. The summed E-state index contributed by atoms with van der Waals surface area (Å²) in [7, 11) is -2.31. The molecule has 0 heterocycles. The van der Waals surface area contributed by atoms with E-state index in [1.807, 2.05) is 25.1 Å². The van der Waals surface area contributed by atoms with Crippen LogP contribution in [0.3, 0.4) is 0 Å². The number of ether oxygens (including phenoxy) is 1. The van der Waals surface area contributed by atoms with Crippen LogP contribution in [0.1, 0.15) is 15.9 Å². The molecule has 6 nitrogen and oxygen atoms in total. The van der Waals surface area contributed by atoms with Gasteiger partial charge in [0.05, 0.1) is 28.3 Å². The van der Waals surface area contributed by atoms with Crippen LogP contribution < -0.4 is 14.8 Å². The molecule has 0 saturated heterocycles. The Labute approximate surface area is 174 Å². The molecule has 3 aromatic carbocycles. The molecule has 2 N–H and O–H groups in total. The normalized spacial score (nSPS) is 11.0. The number of anilines is 2. The molecule has 0 aliphatic carbocycles. The number of carbonyl (C=O) groups excluding carboxylic acids is 1. The molecule has 0 atom stereocenters. The molecule has 0 aromatic heterocycles. The molecule has 150 valence electrons. The Morgan fingerprint density at radius 1 is 1.00 bits per heavy atom. The Morgan fingerprint density at radius 2 is 1.69 bits per heavy atom. The number of aryl methyl sites for hydroxylation is 1. The van der Waals surface area contributed by atoms with Crippen molar-refractivity contribution in [1.29, 1.82) is 0 Å². The number of hydrogen-bond acceptors (Lipinski definition) is 4. The van der Waals surface area contributed by atoms with Crippen LogP contribution >= 0.6 is 11.6 Å². The fraction of sp³-hybridized carbons (Fsp3) is 0.0952. The third-order valence-corrected chi connectivity index (χ3v) is 5.94. The van der Waals surface area contributed by atoms with E-state index in [-0.39, 0.29) is 27.1 Å². The van der Waals surface area contributed by atoms with Crippen LogP contribution in [-0.2, 0) is 10.0 Å². The monoisotopic (exact) mass is 430 g/mol. The van der Waals surface area contributed by atoms with Gasteiger partial charge in [-0.15, -0.1) is 0 Å². The van der Waals surface area contributed by atoms with E-state index in [9.17, 15) is 13.2 Å². The summed E-state index contributed by atoms with van der Waals surface area (Å²) in [4.78, 5) is 12.6. The highest BCUT2D eigenvalue weighted by Crippen LogP contribution is 2.25. The van der Waals surface area contributed by atoms with Crippen molar-refractivity contribution in [3.63, 3.8) is 0 Å². The third-order valence-electron chi connectivity index (χ3n) is 4.23. The molecule has 0 bridgehead atoms. The second kappa shape index (κ2) is 8.55. The van der Waals surface area contributed by atoms with Crippen molar-refractivity contribution in [3.8, 4) is 5.75 Å². The first kappa shape index (κ1) is 20.7. The SMILES string of the molecule is COc1ccc(S(=O)(=O)Nc2ccc(C(=O)Nc3ccccc3C)c(Cl)c2)cc1. The maximum absolute atomic E-state index is 12.5. The van der Waals surface area contributed by atoms with Gasteiger partial charge in [0.2, 0.25) is 0 Å². The van der Waals surface area contributed by atoms with E-state index in [1.54, 1.807) is 18.2 Å². The molecule has 0 fully saturated rings. The lowest BCUT2D eigenvalue weighted by Gasteiger charge is -2.12. The van der Waals surface area contributed by atoms with Gasteiger partial charge in [-0.1, -0.05) is 29.8 Å². The number of methoxy groups -OCH3 is 1. The predicted octanol–water partition coefficient (Wildman–Crippen LogP) is 4.71. The maximum Gasteiger partial charge on any atom is 0.261 e. The minimum Gasteiger partial charge on any atom is -0.497 e. The Hall–Kier alpha value is -3.03. The van der Waals surface area contributed by atoms with Crippen molar-refractivity contribution in [2.45, 2.75) is 11.8 Å². The van der Waals surface area contributed by atoms with Gasteiger partial charge < -0.3 is 10.1 Å². The van der Waals surface area contributed by atoms with Gasteiger partial charge in [0.1, 0.15) is 5.75 Å². The molecule has 0 saturated carbocycles. The van der Waals surface area contributed by atoms with Crippen molar-refractivity contribution in [2.24, 2.45) is 0 Å². The lowest BCUT2D eigenvalue weighted by Crippen LogP contribution is -2.15. The lowest BCUT2D eigenvalue weighted by atomic mass is 10.1. The number of hydrogen-bond donors (Lipinski definition) is 2. The first-order valence-electron chi connectivity index (χ1n) is 8.63. The zero-order valence-electron chi connectivity index (χ0n) is 15.8. The third kappa shape index (κ3) is 4.88. The summed E-state index contributed by atoms with van der Waals surface area (Å²) in [6.45, 7) is 1.88. The largest absolute Gasteiger partial charge is 0.497 e. The Balaban J connectivity index is 1.78. The molecule has 0 aliphatic rings. The number of rotatable bonds is 6. The summed E-state index contributed by atoms with van der Waals surface area (Å²) in [6.07, 6.45) is 0. The van der Waals surface area contributed by atoms with E-state index in [2.05, 4.69) is 10.0 Å². The first-order valence-corrected chi connectivity index (χ1v) is 10.5. The van der Waals surface area contributed by atoms with Crippen molar-refractivity contribution in [3.05, 3.63) is 82.9 Å². The van der Waals surface area contributed by atoms with Gasteiger partial charge in [-0.2, -0.15) is 0 Å². The fourth-order valence-electron chi connectivity index (χ4n) is 2.63. The van der Waals surface area contributed by atoms with Gasteiger partial charge in [0.15, 0.2) is 0 Å². The number of halogens is 1. The number of sulfonamides is 1. The molecule has 1 amide bonds. The molecule has 0 radical (unpaired) electrons. The highest BCUT2D eigenvalue weighted by molar-refractivity contribution is 7.92. The molecule has 29 heavy (non-hydrogen) atoms. The highest BCUT2D eigenvalue weighted by atomic mass is 35.5. The predicted molar refractivity (Wildman–Crippen MR) is 114 cm³/mol. The summed E-state index contributed by atoms with van der Waals surface area (Å²) in [6, 6.07) is 17.7. The van der Waals surface area contributed by atoms with Gasteiger partial charge >= 0.3 is 0 Å². The minimum atomic E-state index is -3.81. The van der Waals surface area contributed by atoms with Gasteiger partial charge in [-0.3, -0.25) is 9.52 Å². The molecule has 0 unspecified atom stereocenters. The van der Waals surface area contributed by atoms with Crippen LogP contribution in [0.5, 0.6) is 5.75 Å². The van der Waals surface area contributed by atoms with Crippen molar-refractivity contribution in [1.82, 2.24) is 0 Å². The zero-order chi connectivity index (χ0) is 21.0. The highest BCUT2D eigenvalue weighted by Gasteiger charge is 2.17. The number of benzene rings is 3. The smallest absolute Gasteiger partial charge is 0.261 e. The van der Waals surface area contributed by atoms with Gasteiger partial charge in [0, 0.05) is 5.69 Å². The van der Waals surface area contributed by atoms with E-state index >= 15 is 0 Å². The van der Waals surface area contributed by atoms with E-state index < -0.39 is 10.0 Å². The summed E-state index contributed by atoms with van der Waals surface area (Å²) in [5.74, 6) is 0.171. The number of nitrogens with one attached hydrogen (secondary N) is 2. The van der Waals surface area contributed by atoms with E-state index in [1.165, 1.54) is 37.4 Å². The van der Waals surface area contributed by atoms with Crippen molar-refractivity contribution in [2.75, 3.05) is 17.1 Å². The van der Waals surface area contributed by atoms with Gasteiger partial charge in [0.25, 0.3) is 15.9 Å². The maximum atomic E-state index is 12.5. The van der Waals surface area contributed by atoms with Crippen molar-refractivity contribution >= 4 is 38.9 Å². The van der Waals surface area contributed by atoms with Crippen LogP contribution in [-0.4, -0.2) is 21.4 Å².